The van der Waals surface area contributed by atoms with Gasteiger partial charge in [-0.25, -0.2) is 9.59 Å². The number of carboxylic acid groups (broad SMARTS) is 1. The summed E-state index contributed by atoms with van der Waals surface area (Å²) in [5, 5.41) is 14.8. The average molecular weight is 461 g/mol. The summed E-state index contributed by atoms with van der Waals surface area (Å²) in [6, 6.07) is 15.0. The molecule has 0 fully saturated rings. The highest BCUT2D eigenvalue weighted by molar-refractivity contribution is 5.83. The number of carbonyl (C=O) groups excluding carboxylic acids is 2. The van der Waals surface area contributed by atoms with Crippen LogP contribution in [0.2, 0.25) is 0 Å². The van der Waals surface area contributed by atoms with Gasteiger partial charge in [-0.2, -0.15) is 0 Å². The quantitative estimate of drug-likeness (QED) is 0.465. The van der Waals surface area contributed by atoms with E-state index in [9.17, 15) is 19.5 Å². The number of aliphatic carboxylic acids is 1. The third-order valence-corrected chi connectivity index (χ3v) is 6.20. The first-order chi connectivity index (χ1) is 16.5. The number of allylic oxidation sites excluding steroid dienone is 2. The molecule has 0 saturated carbocycles. The van der Waals surface area contributed by atoms with Gasteiger partial charge in [0.05, 0.1) is 5.92 Å². The van der Waals surface area contributed by atoms with Gasteiger partial charge >= 0.3 is 12.1 Å². The molecule has 0 aliphatic heterocycles. The molecule has 0 spiro atoms. The van der Waals surface area contributed by atoms with Crippen LogP contribution in [0.15, 0.2) is 72.8 Å². The largest absolute Gasteiger partial charge is 0.480 e. The van der Waals surface area contributed by atoms with Crippen molar-refractivity contribution in [3.8, 4) is 11.1 Å². The zero-order valence-electron chi connectivity index (χ0n) is 18.8. The summed E-state index contributed by atoms with van der Waals surface area (Å²) in [6.07, 6.45) is 7.94. The summed E-state index contributed by atoms with van der Waals surface area (Å²) >= 11 is 0. The number of carboxylic acids is 1. The van der Waals surface area contributed by atoms with Crippen LogP contribution in [-0.4, -0.2) is 42.3 Å². The third kappa shape index (κ3) is 5.36. The number of fused-ring (bicyclic) bond motifs is 3. The van der Waals surface area contributed by atoms with Gasteiger partial charge < -0.3 is 20.5 Å². The van der Waals surface area contributed by atoms with Crippen LogP contribution < -0.4 is 10.6 Å². The van der Waals surface area contributed by atoms with Crippen LogP contribution in [-0.2, 0) is 14.3 Å². The highest BCUT2D eigenvalue weighted by Crippen LogP contribution is 2.44. The van der Waals surface area contributed by atoms with E-state index in [1.54, 1.807) is 0 Å². The second-order valence-electron chi connectivity index (χ2n) is 8.44. The second-order valence-corrected chi connectivity index (χ2v) is 8.44. The lowest BCUT2D eigenvalue weighted by Crippen LogP contribution is -2.41. The Morgan fingerprint density at radius 1 is 0.912 bits per heavy atom. The molecule has 7 nitrogen and oxygen atoms in total. The van der Waals surface area contributed by atoms with Gasteiger partial charge in [0.15, 0.2) is 0 Å². The first kappa shape index (κ1) is 23.3. The summed E-state index contributed by atoms with van der Waals surface area (Å²) in [4.78, 5) is 36.0. The Hall–Kier alpha value is -3.87. The minimum absolute atomic E-state index is 0.0726. The Morgan fingerprint density at radius 3 is 2.15 bits per heavy atom. The molecular weight excluding hydrogens is 432 g/mol. The highest BCUT2D eigenvalue weighted by atomic mass is 16.5. The lowest BCUT2D eigenvalue weighted by atomic mass is 9.98. The molecule has 3 N–H and O–H groups in total. The molecule has 0 radical (unpaired) electrons. The highest BCUT2D eigenvalue weighted by Gasteiger charge is 2.29. The fraction of sp³-hybridized carbons (Fsp3) is 0.296. The Kier molecular flexibility index (Phi) is 7.42. The molecule has 0 unspecified atom stereocenters. The second kappa shape index (κ2) is 10.8. The Bertz CT molecular complexity index is 1070. The van der Waals surface area contributed by atoms with Crippen molar-refractivity contribution in [2.75, 3.05) is 13.2 Å². The van der Waals surface area contributed by atoms with Crippen LogP contribution in [0, 0.1) is 5.92 Å². The van der Waals surface area contributed by atoms with Crippen molar-refractivity contribution in [2.24, 2.45) is 5.92 Å². The van der Waals surface area contributed by atoms with Gasteiger partial charge in [0, 0.05) is 12.5 Å². The number of ether oxygens (including phenoxy) is 1. The van der Waals surface area contributed by atoms with Gasteiger partial charge in [0.25, 0.3) is 0 Å². The van der Waals surface area contributed by atoms with E-state index < -0.39 is 18.1 Å². The summed E-state index contributed by atoms with van der Waals surface area (Å²) in [6.45, 7) is 0.580. The summed E-state index contributed by atoms with van der Waals surface area (Å²) in [5.41, 5.74) is 4.44. The van der Waals surface area contributed by atoms with E-state index in [1.807, 2.05) is 60.7 Å². The molecule has 2 aliphatic carbocycles. The number of amides is 2. The fourth-order valence-corrected chi connectivity index (χ4v) is 4.45. The summed E-state index contributed by atoms with van der Waals surface area (Å²) in [5.74, 6) is -1.51. The van der Waals surface area contributed by atoms with E-state index in [2.05, 4.69) is 22.8 Å². The van der Waals surface area contributed by atoms with Crippen LogP contribution in [0.5, 0.6) is 0 Å². The van der Waals surface area contributed by atoms with Crippen molar-refractivity contribution < 1.29 is 24.2 Å². The van der Waals surface area contributed by atoms with Gasteiger partial charge in [0.2, 0.25) is 5.91 Å². The first-order valence-corrected chi connectivity index (χ1v) is 11.5. The monoisotopic (exact) mass is 460 g/mol. The Balaban J connectivity index is 1.23. The lowest BCUT2D eigenvalue weighted by Gasteiger charge is -2.17. The molecule has 2 aliphatic rings. The predicted molar refractivity (Wildman–Crippen MR) is 128 cm³/mol. The average Bonchev–Trinajstić information content (AvgIpc) is 3.49. The molecule has 0 aromatic heterocycles. The van der Waals surface area contributed by atoms with Gasteiger partial charge in [-0.1, -0.05) is 72.8 Å². The smallest absolute Gasteiger partial charge is 0.407 e. The van der Waals surface area contributed by atoms with Crippen molar-refractivity contribution in [1.29, 1.82) is 0 Å². The summed E-state index contributed by atoms with van der Waals surface area (Å²) < 4.78 is 5.45. The van der Waals surface area contributed by atoms with Gasteiger partial charge in [0.1, 0.15) is 12.6 Å². The zero-order valence-corrected chi connectivity index (χ0v) is 18.8. The maximum atomic E-state index is 12.4. The molecular formula is C27H28N2O5. The summed E-state index contributed by atoms with van der Waals surface area (Å²) in [7, 11) is 0. The number of unbranched alkanes of at least 4 members (excludes halogenated alkanes) is 1. The SMILES string of the molecule is O=C(N[C@@H](CCCCNC(=O)C1C=CC=C1)C(=O)O)OCC1c2ccccc2-c2ccccc21. The predicted octanol–water partition coefficient (Wildman–Crippen LogP) is 4.01. The maximum absolute atomic E-state index is 12.4. The number of carbonyl (C=O) groups is 3. The number of hydrogen-bond acceptors (Lipinski definition) is 4. The molecule has 1 atom stereocenters. The number of alkyl carbamates (subject to hydrolysis) is 1. The molecule has 7 heteroatoms. The molecule has 2 aromatic rings. The van der Waals surface area contributed by atoms with Crippen molar-refractivity contribution in [3.63, 3.8) is 0 Å². The molecule has 176 valence electrons. The van der Waals surface area contributed by atoms with Crippen molar-refractivity contribution in [3.05, 3.63) is 84.0 Å². The molecule has 4 rings (SSSR count). The van der Waals surface area contributed by atoms with E-state index in [1.165, 1.54) is 0 Å². The van der Waals surface area contributed by atoms with Crippen molar-refractivity contribution in [2.45, 2.75) is 31.2 Å². The van der Waals surface area contributed by atoms with Crippen LogP contribution in [0.1, 0.15) is 36.3 Å². The van der Waals surface area contributed by atoms with E-state index in [-0.39, 0.29) is 30.8 Å². The topological polar surface area (TPSA) is 105 Å². The molecule has 0 saturated heterocycles. The number of rotatable bonds is 10. The van der Waals surface area contributed by atoms with Crippen molar-refractivity contribution in [1.82, 2.24) is 10.6 Å². The van der Waals surface area contributed by atoms with Gasteiger partial charge in [-0.05, 0) is 41.5 Å². The van der Waals surface area contributed by atoms with E-state index >= 15 is 0 Å². The molecule has 0 heterocycles. The number of nitrogens with one attached hydrogen (secondary N) is 2. The Labute approximate surface area is 198 Å². The van der Waals surface area contributed by atoms with E-state index in [0.717, 1.165) is 22.3 Å². The molecule has 2 amide bonds. The standard InChI is InChI=1S/C27H28N2O5/c30-25(18-9-1-2-10-18)28-16-8-7-15-24(26(31)32)29-27(33)34-17-23-21-13-5-3-11-19(21)20-12-4-6-14-22(20)23/h1-6,9-14,18,23-24H,7-8,15-17H2,(H,28,30)(H,29,33)(H,31,32)/t24-/m0/s1. The minimum atomic E-state index is -1.11. The Morgan fingerprint density at radius 2 is 1.53 bits per heavy atom. The molecule has 2 aromatic carbocycles. The third-order valence-electron chi connectivity index (χ3n) is 6.20. The molecule has 34 heavy (non-hydrogen) atoms. The lowest BCUT2D eigenvalue weighted by molar-refractivity contribution is -0.139. The fourth-order valence-electron chi connectivity index (χ4n) is 4.45. The van der Waals surface area contributed by atoms with Crippen LogP contribution in [0.4, 0.5) is 4.79 Å². The van der Waals surface area contributed by atoms with E-state index in [4.69, 9.17) is 4.74 Å². The van der Waals surface area contributed by atoms with Gasteiger partial charge in [-0.15, -0.1) is 0 Å². The molecule has 0 bridgehead atoms. The zero-order chi connectivity index (χ0) is 23.9. The number of benzene rings is 2. The first-order valence-electron chi connectivity index (χ1n) is 11.5. The van der Waals surface area contributed by atoms with Crippen LogP contribution in [0.25, 0.3) is 11.1 Å². The minimum Gasteiger partial charge on any atom is -0.480 e. The van der Waals surface area contributed by atoms with E-state index in [0.29, 0.717) is 19.4 Å². The normalized spacial score (nSPS) is 14.9. The van der Waals surface area contributed by atoms with Gasteiger partial charge in [-0.3, -0.25) is 4.79 Å². The maximum Gasteiger partial charge on any atom is 0.407 e. The number of hydrogen-bond donors (Lipinski definition) is 3. The van der Waals surface area contributed by atoms with Crippen LogP contribution >= 0.6 is 0 Å². The van der Waals surface area contributed by atoms with Crippen molar-refractivity contribution >= 4 is 18.0 Å². The van der Waals surface area contributed by atoms with Crippen LogP contribution in [0.3, 0.4) is 0 Å².